The maximum Gasteiger partial charge on any atom is 0.217 e. The summed E-state index contributed by atoms with van der Waals surface area (Å²) in [5.41, 5.74) is 11.5. The first-order valence-corrected chi connectivity index (χ1v) is 7.03. The highest BCUT2D eigenvalue weighted by Gasteiger charge is 2.26. The molecule has 1 amide bonds. The lowest BCUT2D eigenvalue weighted by molar-refractivity contribution is -0.119. The van der Waals surface area contributed by atoms with Crippen LogP contribution in [0.1, 0.15) is 58.8 Å². The SMILES string of the molecule is CC(C)CCC(N)C1CCC(CC(N)=O)CC1. The van der Waals surface area contributed by atoms with E-state index in [4.69, 9.17) is 11.5 Å². The van der Waals surface area contributed by atoms with Crippen LogP contribution in [0.25, 0.3) is 0 Å². The predicted molar refractivity (Wildman–Crippen MR) is 71.3 cm³/mol. The number of carbonyl (C=O) groups excluding carboxylic acids is 1. The topological polar surface area (TPSA) is 69.1 Å². The zero-order valence-electron chi connectivity index (χ0n) is 11.3. The summed E-state index contributed by atoms with van der Waals surface area (Å²) in [7, 11) is 0. The Morgan fingerprint density at radius 3 is 2.24 bits per heavy atom. The maximum atomic E-state index is 10.9. The van der Waals surface area contributed by atoms with E-state index in [1.54, 1.807) is 0 Å². The van der Waals surface area contributed by atoms with Crippen molar-refractivity contribution in [3.63, 3.8) is 0 Å². The Bertz CT molecular complexity index is 232. The molecule has 1 unspecified atom stereocenters. The van der Waals surface area contributed by atoms with Crippen molar-refractivity contribution >= 4 is 5.91 Å². The van der Waals surface area contributed by atoms with E-state index >= 15 is 0 Å². The van der Waals surface area contributed by atoms with Gasteiger partial charge in [-0.15, -0.1) is 0 Å². The Kier molecular flexibility index (Phi) is 5.96. The van der Waals surface area contributed by atoms with E-state index in [1.165, 1.54) is 19.3 Å². The molecular formula is C14H28N2O. The summed E-state index contributed by atoms with van der Waals surface area (Å²) in [6.45, 7) is 4.49. The van der Waals surface area contributed by atoms with Crippen molar-refractivity contribution in [1.29, 1.82) is 0 Å². The quantitative estimate of drug-likeness (QED) is 0.748. The Hall–Kier alpha value is -0.570. The molecule has 1 aliphatic rings. The predicted octanol–water partition coefficient (Wildman–Crippen LogP) is 2.43. The summed E-state index contributed by atoms with van der Waals surface area (Å²) in [5, 5.41) is 0. The molecule has 4 N–H and O–H groups in total. The molecule has 0 bridgehead atoms. The minimum atomic E-state index is -0.155. The van der Waals surface area contributed by atoms with Gasteiger partial charge in [0.2, 0.25) is 5.91 Å². The normalized spacial score (nSPS) is 27.1. The van der Waals surface area contributed by atoms with E-state index in [-0.39, 0.29) is 5.91 Å². The second-order valence-corrected chi connectivity index (χ2v) is 6.09. The lowest BCUT2D eigenvalue weighted by Gasteiger charge is -2.32. The number of nitrogens with two attached hydrogens (primary N) is 2. The fourth-order valence-corrected chi connectivity index (χ4v) is 2.87. The van der Waals surface area contributed by atoms with E-state index in [0.717, 1.165) is 25.2 Å². The van der Waals surface area contributed by atoms with Gasteiger partial charge < -0.3 is 11.5 Å². The van der Waals surface area contributed by atoms with Crippen molar-refractivity contribution in [3.05, 3.63) is 0 Å². The second-order valence-electron chi connectivity index (χ2n) is 6.09. The molecule has 0 aromatic heterocycles. The lowest BCUT2D eigenvalue weighted by Crippen LogP contribution is -2.34. The Balaban J connectivity index is 2.23. The molecule has 1 rings (SSSR count). The Labute approximate surface area is 105 Å². The zero-order valence-corrected chi connectivity index (χ0v) is 11.3. The van der Waals surface area contributed by atoms with Crippen LogP contribution in [0.4, 0.5) is 0 Å². The van der Waals surface area contributed by atoms with E-state index in [2.05, 4.69) is 13.8 Å². The molecule has 0 aromatic carbocycles. The Morgan fingerprint density at radius 1 is 1.18 bits per heavy atom. The molecule has 3 heteroatoms. The van der Waals surface area contributed by atoms with Gasteiger partial charge >= 0.3 is 0 Å². The average molecular weight is 240 g/mol. The van der Waals surface area contributed by atoms with Gasteiger partial charge in [0.1, 0.15) is 0 Å². The summed E-state index contributed by atoms with van der Waals surface area (Å²) in [5.74, 6) is 1.77. The molecule has 0 aromatic rings. The summed E-state index contributed by atoms with van der Waals surface area (Å²) < 4.78 is 0. The first kappa shape index (κ1) is 14.5. The number of hydrogen-bond donors (Lipinski definition) is 2. The van der Waals surface area contributed by atoms with Gasteiger partial charge in [0.25, 0.3) is 0 Å². The van der Waals surface area contributed by atoms with Crippen molar-refractivity contribution in [1.82, 2.24) is 0 Å². The van der Waals surface area contributed by atoms with E-state index in [1.807, 2.05) is 0 Å². The average Bonchev–Trinajstić information content (AvgIpc) is 2.26. The number of rotatable bonds is 6. The fourth-order valence-electron chi connectivity index (χ4n) is 2.87. The minimum absolute atomic E-state index is 0.155. The summed E-state index contributed by atoms with van der Waals surface area (Å²) in [4.78, 5) is 10.9. The Morgan fingerprint density at radius 2 is 1.76 bits per heavy atom. The molecule has 0 spiro atoms. The van der Waals surface area contributed by atoms with Gasteiger partial charge in [-0.1, -0.05) is 13.8 Å². The van der Waals surface area contributed by atoms with Crippen LogP contribution in [0.3, 0.4) is 0 Å². The van der Waals surface area contributed by atoms with Crippen molar-refractivity contribution in [2.45, 2.75) is 64.8 Å². The third-order valence-corrected chi connectivity index (χ3v) is 4.06. The number of primary amides is 1. The minimum Gasteiger partial charge on any atom is -0.370 e. The monoisotopic (exact) mass is 240 g/mol. The standard InChI is InChI=1S/C14H28N2O/c1-10(2)3-8-13(15)12-6-4-11(5-7-12)9-14(16)17/h10-13H,3-9,15H2,1-2H3,(H2,16,17). The molecule has 17 heavy (non-hydrogen) atoms. The summed E-state index contributed by atoms with van der Waals surface area (Å²) in [6, 6.07) is 0.354. The van der Waals surface area contributed by atoms with Crippen LogP contribution in [0, 0.1) is 17.8 Å². The van der Waals surface area contributed by atoms with Crippen molar-refractivity contribution in [2.75, 3.05) is 0 Å². The molecular weight excluding hydrogens is 212 g/mol. The molecule has 0 heterocycles. The molecule has 3 nitrogen and oxygen atoms in total. The smallest absolute Gasteiger partial charge is 0.217 e. The van der Waals surface area contributed by atoms with Crippen LogP contribution in [0.15, 0.2) is 0 Å². The van der Waals surface area contributed by atoms with E-state index < -0.39 is 0 Å². The number of amides is 1. The molecule has 100 valence electrons. The number of hydrogen-bond acceptors (Lipinski definition) is 2. The van der Waals surface area contributed by atoms with E-state index in [9.17, 15) is 4.79 Å². The highest BCUT2D eigenvalue weighted by atomic mass is 16.1. The van der Waals surface area contributed by atoms with Crippen LogP contribution in [0.5, 0.6) is 0 Å². The van der Waals surface area contributed by atoms with Crippen molar-refractivity contribution in [2.24, 2.45) is 29.2 Å². The maximum absolute atomic E-state index is 10.9. The molecule has 1 fully saturated rings. The molecule has 0 radical (unpaired) electrons. The summed E-state index contributed by atoms with van der Waals surface area (Å²) >= 11 is 0. The van der Waals surface area contributed by atoms with Crippen LogP contribution >= 0.6 is 0 Å². The van der Waals surface area contributed by atoms with Gasteiger partial charge in [0, 0.05) is 12.5 Å². The van der Waals surface area contributed by atoms with Gasteiger partial charge in [-0.2, -0.15) is 0 Å². The van der Waals surface area contributed by atoms with E-state index in [0.29, 0.717) is 24.3 Å². The highest BCUT2D eigenvalue weighted by Crippen LogP contribution is 2.33. The van der Waals surface area contributed by atoms with Crippen molar-refractivity contribution < 1.29 is 4.79 Å². The zero-order chi connectivity index (χ0) is 12.8. The van der Waals surface area contributed by atoms with Gasteiger partial charge in [-0.05, 0) is 56.3 Å². The van der Waals surface area contributed by atoms with Crippen LogP contribution < -0.4 is 11.5 Å². The second kappa shape index (κ2) is 7.00. The fraction of sp³-hybridized carbons (Fsp3) is 0.929. The number of carbonyl (C=O) groups is 1. The van der Waals surface area contributed by atoms with Crippen molar-refractivity contribution in [3.8, 4) is 0 Å². The molecule has 0 saturated heterocycles. The molecule has 1 atom stereocenters. The molecule has 0 aliphatic heterocycles. The van der Waals surface area contributed by atoms with Gasteiger partial charge in [0.05, 0.1) is 0 Å². The first-order chi connectivity index (χ1) is 7.99. The van der Waals surface area contributed by atoms with Gasteiger partial charge in [-0.25, -0.2) is 0 Å². The van der Waals surface area contributed by atoms with Crippen LogP contribution in [-0.2, 0) is 4.79 Å². The third-order valence-electron chi connectivity index (χ3n) is 4.06. The molecule has 1 saturated carbocycles. The van der Waals surface area contributed by atoms with Gasteiger partial charge in [-0.3, -0.25) is 4.79 Å². The first-order valence-electron chi connectivity index (χ1n) is 7.03. The van der Waals surface area contributed by atoms with Crippen LogP contribution in [0.2, 0.25) is 0 Å². The lowest BCUT2D eigenvalue weighted by atomic mass is 9.76. The third kappa shape index (κ3) is 5.53. The molecule has 1 aliphatic carbocycles. The largest absolute Gasteiger partial charge is 0.370 e. The van der Waals surface area contributed by atoms with Crippen LogP contribution in [-0.4, -0.2) is 11.9 Å². The highest BCUT2D eigenvalue weighted by molar-refractivity contribution is 5.73. The summed E-state index contributed by atoms with van der Waals surface area (Å²) in [6.07, 6.45) is 7.54. The van der Waals surface area contributed by atoms with Gasteiger partial charge in [0.15, 0.2) is 0 Å².